The van der Waals surface area contributed by atoms with Crippen molar-refractivity contribution in [2.24, 2.45) is 0 Å². The molecule has 0 aliphatic heterocycles. The molecular weight excluding hydrogens is 1290 g/mol. The van der Waals surface area contributed by atoms with Crippen molar-refractivity contribution < 1.29 is 0 Å². The van der Waals surface area contributed by atoms with Gasteiger partial charge in [0.25, 0.3) is 0 Å². The molecule has 4 aliphatic carbocycles. The summed E-state index contributed by atoms with van der Waals surface area (Å²) in [6.45, 7) is 6.77. The normalized spacial score (nSPS) is 13.9. The lowest BCUT2D eigenvalue weighted by Crippen LogP contribution is -2.29. The second kappa shape index (κ2) is 23.4. The molecule has 0 saturated heterocycles. The average molecular weight is 1360 g/mol. The van der Waals surface area contributed by atoms with Crippen molar-refractivity contribution in [1.29, 1.82) is 0 Å². The number of benzene rings is 16. The van der Waals surface area contributed by atoms with E-state index in [0.717, 1.165) is 39.7 Å². The molecule has 17 aromatic rings. The van der Waals surface area contributed by atoms with E-state index in [4.69, 9.17) is 0 Å². The Hall–Kier alpha value is -12.7. The van der Waals surface area contributed by atoms with E-state index in [1.54, 1.807) is 0 Å². The van der Waals surface area contributed by atoms with Crippen molar-refractivity contribution in [2.75, 3.05) is 9.80 Å². The van der Waals surface area contributed by atoms with Crippen LogP contribution in [-0.2, 0) is 16.2 Å². The number of rotatable bonds is 11. The first-order valence-electron chi connectivity index (χ1n) is 36.7. The molecule has 0 N–H and O–H groups in total. The maximum absolute atomic E-state index is 2.57. The van der Waals surface area contributed by atoms with Gasteiger partial charge in [-0.2, -0.15) is 0 Å². The van der Waals surface area contributed by atoms with Crippen LogP contribution in [0.15, 0.2) is 370 Å². The van der Waals surface area contributed by atoms with Gasteiger partial charge in [-0.1, -0.05) is 314 Å². The summed E-state index contributed by atoms with van der Waals surface area (Å²) in [5.41, 5.74) is 36.5. The van der Waals surface area contributed by atoms with Crippen molar-refractivity contribution in [2.45, 2.75) is 37.0 Å². The summed E-state index contributed by atoms with van der Waals surface area (Å²) in [7, 11) is 0. The largest absolute Gasteiger partial charge is 0.310 e. The molecule has 105 heavy (non-hydrogen) atoms. The van der Waals surface area contributed by atoms with Crippen LogP contribution in [0.5, 0.6) is 0 Å². The van der Waals surface area contributed by atoms with Gasteiger partial charge < -0.3 is 9.80 Å². The van der Waals surface area contributed by atoms with E-state index in [-0.39, 0.29) is 0 Å². The fourth-order valence-corrected chi connectivity index (χ4v) is 20.6. The number of aryl methyl sites for hydroxylation is 3. The summed E-state index contributed by atoms with van der Waals surface area (Å²) in [4.78, 5) is 5.11. The number of anilines is 6. The summed E-state index contributed by atoms with van der Waals surface area (Å²) in [5.74, 6) is 0. The summed E-state index contributed by atoms with van der Waals surface area (Å²) in [5, 5.41) is 2.55. The molecular formula is C102H70N2S. The van der Waals surface area contributed by atoms with Gasteiger partial charge in [0.2, 0.25) is 0 Å². The molecule has 0 bridgehead atoms. The Morgan fingerprint density at radius 2 is 0.619 bits per heavy atom. The van der Waals surface area contributed by atoms with Gasteiger partial charge in [-0.05, 0) is 210 Å². The number of hydrogen-bond acceptors (Lipinski definition) is 3. The van der Waals surface area contributed by atoms with E-state index in [1.807, 2.05) is 11.3 Å². The van der Waals surface area contributed by atoms with E-state index < -0.39 is 16.2 Å². The first-order valence-corrected chi connectivity index (χ1v) is 37.5. The van der Waals surface area contributed by atoms with Crippen molar-refractivity contribution in [3.63, 3.8) is 0 Å². The zero-order chi connectivity index (χ0) is 69.7. The Balaban J connectivity index is 0.751. The van der Waals surface area contributed by atoms with Crippen LogP contribution in [-0.4, -0.2) is 0 Å². The monoisotopic (exact) mass is 1350 g/mol. The molecule has 0 fully saturated rings. The van der Waals surface area contributed by atoms with Gasteiger partial charge in [-0.25, -0.2) is 0 Å². The number of thiophene rings is 1. The van der Waals surface area contributed by atoms with Gasteiger partial charge >= 0.3 is 0 Å². The lowest BCUT2D eigenvalue weighted by molar-refractivity contribution is 0.766. The summed E-state index contributed by atoms with van der Waals surface area (Å²) >= 11 is 1.88. The van der Waals surface area contributed by atoms with Crippen molar-refractivity contribution >= 4 is 65.6 Å². The Morgan fingerprint density at radius 3 is 1.14 bits per heavy atom. The van der Waals surface area contributed by atoms with Crippen LogP contribution in [0.2, 0.25) is 0 Å². The topological polar surface area (TPSA) is 6.48 Å². The number of hydrogen-bond donors (Lipinski definition) is 0. The Labute approximate surface area is 617 Å². The van der Waals surface area contributed by atoms with E-state index in [1.165, 1.54) is 154 Å². The third kappa shape index (κ3) is 8.65. The number of fused-ring (bicyclic) bond motifs is 19. The van der Waals surface area contributed by atoms with Crippen LogP contribution >= 0.6 is 11.3 Å². The van der Waals surface area contributed by atoms with E-state index in [9.17, 15) is 0 Å². The second-order valence-corrected chi connectivity index (χ2v) is 30.1. The summed E-state index contributed by atoms with van der Waals surface area (Å²) < 4.78 is 2.54. The molecule has 494 valence electrons. The molecule has 0 unspecified atom stereocenters. The lowest BCUT2D eigenvalue weighted by Gasteiger charge is -2.36. The summed E-state index contributed by atoms with van der Waals surface area (Å²) in [6, 6.07) is 141. The molecule has 0 saturated carbocycles. The average Bonchev–Trinajstić information content (AvgIpc) is 1.49. The maximum Gasteiger partial charge on any atom is 0.0726 e. The van der Waals surface area contributed by atoms with Gasteiger partial charge in [0.1, 0.15) is 0 Å². The molecule has 1 heterocycles. The molecule has 1 spiro atoms. The smallest absolute Gasteiger partial charge is 0.0726 e. The molecule has 16 aromatic carbocycles. The zero-order valence-corrected chi connectivity index (χ0v) is 59.3. The van der Waals surface area contributed by atoms with Gasteiger partial charge in [0, 0.05) is 43.8 Å². The summed E-state index contributed by atoms with van der Waals surface area (Å²) in [6.07, 6.45) is 0. The van der Waals surface area contributed by atoms with Gasteiger partial charge in [-0.15, -0.1) is 11.3 Å². The van der Waals surface area contributed by atoms with Crippen LogP contribution < -0.4 is 9.80 Å². The molecule has 3 heteroatoms. The highest BCUT2D eigenvalue weighted by Crippen LogP contribution is 2.66. The lowest BCUT2D eigenvalue weighted by atomic mass is 9.67. The highest BCUT2D eigenvalue weighted by Gasteiger charge is 2.53. The Morgan fingerprint density at radius 1 is 0.238 bits per heavy atom. The van der Waals surface area contributed by atoms with Gasteiger partial charge in [-0.3, -0.25) is 0 Å². The molecule has 21 rings (SSSR count). The predicted octanol–water partition coefficient (Wildman–Crippen LogP) is 26.7. The third-order valence-electron chi connectivity index (χ3n) is 23.7. The van der Waals surface area contributed by atoms with E-state index in [0.29, 0.717) is 0 Å². The minimum atomic E-state index is -0.609. The molecule has 4 aliphatic rings. The minimum absolute atomic E-state index is 0.492. The van der Waals surface area contributed by atoms with E-state index >= 15 is 0 Å². The number of nitrogens with zero attached hydrogens (tertiary/aromatic N) is 2. The van der Waals surface area contributed by atoms with Gasteiger partial charge in [0.05, 0.1) is 32.3 Å². The van der Waals surface area contributed by atoms with Crippen molar-refractivity contribution in [1.82, 2.24) is 0 Å². The molecule has 0 amide bonds. The minimum Gasteiger partial charge on any atom is -0.310 e. The maximum atomic E-state index is 2.57. The quantitative estimate of drug-likeness (QED) is 0.127. The van der Waals surface area contributed by atoms with E-state index in [2.05, 4.69) is 401 Å². The fourth-order valence-electron chi connectivity index (χ4n) is 19.4. The Kier molecular flexibility index (Phi) is 13.6. The van der Waals surface area contributed by atoms with Crippen molar-refractivity contribution in [3.8, 4) is 55.6 Å². The van der Waals surface area contributed by atoms with Crippen molar-refractivity contribution in [3.05, 3.63) is 454 Å². The first-order chi connectivity index (χ1) is 51.8. The van der Waals surface area contributed by atoms with Crippen LogP contribution in [0.4, 0.5) is 34.1 Å². The molecule has 2 nitrogen and oxygen atoms in total. The molecule has 0 radical (unpaired) electrons. The Bertz CT molecular complexity index is 6070. The van der Waals surface area contributed by atoms with Crippen LogP contribution in [0.3, 0.4) is 0 Å². The second-order valence-electron chi connectivity index (χ2n) is 29.1. The van der Waals surface area contributed by atoms with Crippen LogP contribution in [0, 0.1) is 20.8 Å². The van der Waals surface area contributed by atoms with Crippen LogP contribution in [0.1, 0.15) is 83.5 Å². The molecule has 1 aromatic heterocycles. The highest BCUT2D eigenvalue weighted by molar-refractivity contribution is 7.26. The SMILES string of the molecule is Cc1ccc2c(c1)C(c1ccccc1)(c1ccccc1)c1cc(N(c3ccc(-c4ccc(N(c5cccc6c5-c5ccccc5C65c6ccccc6-c6ccccc65)c5cccc6c5sc5ccccc56)cc4)c(C)c3)c3ccc4c(c3)C(c3ccccc3)(c3ccccc3)c3cc(C)ccc3-4)ccc1-2. The third-order valence-corrected chi connectivity index (χ3v) is 24.9. The highest BCUT2D eigenvalue weighted by atomic mass is 32.1. The van der Waals surface area contributed by atoms with Gasteiger partial charge in [0.15, 0.2) is 0 Å². The standard InChI is InChI=1S/C102H70N2S/c1-65-46-55-80-82-58-53-75(63-93(82)100(91(80)60-65,69-26-8-4-9-27-69)70-28-10-5-11-29-70)103(76-54-59-83-81-56-47-66(2)61-92(81)101(94(83)64-76,71-30-12-6-13-31-71)72-32-14-7-15-33-72)74-52-57-77(67(3)62-74)68-48-50-73(51-49-68)104(96-44-24-38-85-84-36-19-23-45-97(84)105-99(85)96)95-43-25-42-90-98(95)86-37-18-22-41-89(86)102(90)87-39-20-16-34-78(87)79-35-17-21-40-88(79)102/h4-64H,1-3H3. The first kappa shape index (κ1) is 61.0. The zero-order valence-electron chi connectivity index (χ0n) is 58.5. The van der Waals surface area contributed by atoms with Crippen LogP contribution in [0.25, 0.3) is 75.8 Å². The molecule has 0 atom stereocenters. The predicted molar refractivity (Wildman–Crippen MR) is 439 cm³/mol. The fraction of sp³-hybridized carbons (Fsp3) is 0.0588.